The summed E-state index contributed by atoms with van der Waals surface area (Å²) >= 11 is 5.69. The van der Waals surface area contributed by atoms with E-state index in [1.54, 1.807) is 21.6 Å². The summed E-state index contributed by atoms with van der Waals surface area (Å²) in [5.74, 6) is 1.42. The highest BCUT2D eigenvalue weighted by Crippen LogP contribution is 2.25. The number of benzene rings is 1. The van der Waals surface area contributed by atoms with Gasteiger partial charge in [0.25, 0.3) is 0 Å². The van der Waals surface area contributed by atoms with Crippen molar-refractivity contribution in [2.75, 3.05) is 11.2 Å². The molecular formula is C21H22ClN7O. The fraction of sp³-hybridized carbons (Fsp3) is 0.286. The van der Waals surface area contributed by atoms with E-state index < -0.39 is 0 Å². The van der Waals surface area contributed by atoms with Crippen LogP contribution in [-0.4, -0.2) is 41.3 Å². The molecule has 0 aliphatic carbocycles. The maximum Gasteiger partial charge on any atom is 0.225 e. The minimum absolute atomic E-state index is 0.118. The van der Waals surface area contributed by atoms with Gasteiger partial charge in [0.15, 0.2) is 11.5 Å². The van der Waals surface area contributed by atoms with Crippen LogP contribution in [0.3, 0.4) is 0 Å². The van der Waals surface area contributed by atoms with Gasteiger partial charge in [-0.05, 0) is 50.5 Å². The van der Waals surface area contributed by atoms with Gasteiger partial charge in [0.2, 0.25) is 5.91 Å². The van der Waals surface area contributed by atoms with Crippen LogP contribution in [-0.2, 0) is 4.79 Å². The third kappa shape index (κ3) is 3.78. The molecule has 4 aromatic rings. The number of anilines is 1. The molecule has 0 atom stereocenters. The van der Waals surface area contributed by atoms with Crippen molar-refractivity contribution in [1.29, 1.82) is 0 Å². The first-order valence-electron chi connectivity index (χ1n) is 9.67. The lowest BCUT2D eigenvalue weighted by Crippen LogP contribution is -2.15. The van der Waals surface area contributed by atoms with Gasteiger partial charge in [0, 0.05) is 18.4 Å². The van der Waals surface area contributed by atoms with E-state index in [1.807, 2.05) is 13.0 Å². The molecular weight excluding hydrogens is 402 g/mol. The summed E-state index contributed by atoms with van der Waals surface area (Å²) in [4.78, 5) is 21.1. The molecule has 0 saturated carbocycles. The number of aryl methyl sites for hydroxylation is 3. The summed E-state index contributed by atoms with van der Waals surface area (Å²) in [6.45, 7) is 6.00. The lowest BCUT2D eigenvalue weighted by molar-refractivity contribution is -0.116. The highest BCUT2D eigenvalue weighted by molar-refractivity contribution is 6.18. The standard InChI is InChI=1S/C21H22ClN7O/c1-13-6-7-16(9-14(13)2)28-20-17(11-25-28)21(24-12-23-20)29-18(10-15(3)27-29)26-19(30)5-4-8-22/h6-7,9-12H,4-5,8H2,1-3H3,(H,26,30). The molecule has 0 aliphatic rings. The predicted octanol–water partition coefficient (Wildman–Crippen LogP) is 3.88. The van der Waals surface area contributed by atoms with Gasteiger partial charge in [0.1, 0.15) is 12.1 Å². The normalized spacial score (nSPS) is 11.2. The monoisotopic (exact) mass is 423 g/mol. The number of amides is 1. The third-order valence-corrected chi connectivity index (χ3v) is 5.18. The van der Waals surface area contributed by atoms with Gasteiger partial charge >= 0.3 is 0 Å². The Morgan fingerprint density at radius 1 is 1.10 bits per heavy atom. The molecule has 1 amide bonds. The van der Waals surface area contributed by atoms with E-state index in [9.17, 15) is 4.79 Å². The lowest BCUT2D eigenvalue weighted by Gasteiger charge is -2.09. The smallest absolute Gasteiger partial charge is 0.225 e. The second-order valence-electron chi connectivity index (χ2n) is 7.18. The van der Waals surface area contributed by atoms with Crippen LogP contribution in [0.2, 0.25) is 0 Å². The first kappa shape index (κ1) is 20.0. The Kier molecular flexibility index (Phi) is 5.50. The molecule has 4 rings (SSSR count). The number of carbonyl (C=O) groups is 1. The molecule has 1 N–H and O–H groups in total. The fourth-order valence-corrected chi connectivity index (χ4v) is 3.36. The molecule has 0 spiro atoms. The average Bonchev–Trinajstić information content (AvgIpc) is 3.31. The van der Waals surface area contributed by atoms with Crippen molar-refractivity contribution < 1.29 is 4.79 Å². The fourth-order valence-electron chi connectivity index (χ4n) is 3.23. The molecule has 9 heteroatoms. The van der Waals surface area contributed by atoms with Gasteiger partial charge in [-0.3, -0.25) is 4.79 Å². The SMILES string of the molecule is Cc1cc(NC(=O)CCCCl)n(-c2ncnc3c2cnn3-c2ccc(C)c(C)c2)n1. The van der Waals surface area contributed by atoms with Crippen molar-refractivity contribution >= 4 is 34.4 Å². The number of rotatable bonds is 6. The van der Waals surface area contributed by atoms with Crippen LogP contribution in [0.5, 0.6) is 0 Å². The van der Waals surface area contributed by atoms with E-state index in [1.165, 1.54) is 17.5 Å². The lowest BCUT2D eigenvalue weighted by atomic mass is 10.1. The topological polar surface area (TPSA) is 90.5 Å². The zero-order valence-electron chi connectivity index (χ0n) is 17.1. The Labute approximate surface area is 178 Å². The molecule has 1 aromatic carbocycles. The molecule has 0 aliphatic heterocycles. The third-order valence-electron chi connectivity index (χ3n) is 4.92. The van der Waals surface area contributed by atoms with E-state index in [2.05, 4.69) is 51.5 Å². The molecule has 8 nitrogen and oxygen atoms in total. The number of fused-ring (bicyclic) bond motifs is 1. The zero-order chi connectivity index (χ0) is 21.3. The average molecular weight is 424 g/mol. The van der Waals surface area contributed by atoms with Crippen molar-refractivity contribution in [3.05, 3.63) is 53.6 Å². The minimum Gasteiger partial charge on any atom is -0.311 e. The second-order valence-corrected chi connectivity index (χ2v) is 7.56. The van der Waals surface area contributed by atoms with Crippen molar-refractivity contribution in [1.82, 2.24) is 29.5 Å². The Hall–Kier alpha value is -3.26. The second kappa shape index (κ2) is 8.23. The molecule has 0 radical (unpaired) electrons. The predicted molar refractivity (Wildman–Crippen MR) is 117 cm³/mol. The van der Waals surface area contributed by atoms with Crippen molar-refractivity contribution in [2.24, 2.45) is 0 Å². The minimum atomic E-state index is -0.118. The molecule has 0 unspecified atom stereocenters. The molecule has 0 bridgehead atoms. The van der Waals surface area contributed by atoms with E-state index in [0.717, 1.165) is 16.8 Å². The van der Waals surface area contributed by atoms with Gasteiger partial charge in [-0.1, -0.05) is 6.07 Å². The maximum absolute atomic E-state index is 12.2. The van der Waals surface area contributed by atoms with E-state index >= 15 is 0 Å². The van der Waals surface area contributed by atoms with Gasteiger partial charge in [0.05, 0.1) is 23.0 Å². The van der Waals surface area contributed by atoms with E-state index in [0.29, 0.717) is 36.0 Å². The molecule has 0 saturated heterocycles. The number of carbonyl (C=O) groups excluding carboxylic acids is 1. The summed E-state index contributed by atoms with van der Waals surface area (Å²) in [6, 6.07) is 7.95. The Bertz CT molecular complexity index is 1230. The molecule has 3 heterocycles. The number of hydrogen-bond acceptors (Lipinski definition) is 5. The zero-order valence-corrected chi connectivity index (χ0v) is 17.8. The molecule has 3 aromatic heterocycles. The van der Waals surface area contributed by atoms with Gasteiger partial charge in [-0.2, -0.15) is 14.9 Å². The van der Waals surface area contributed by atoms with Crippen LogP contribution in [0, 0.1) is 20.8 Å². The number of hydrogen-bond donors (Lipinski definition) is 1. The number of halogens is 1. The van der Waals surface area contributed by atoms with Crippen molar-refractivity contribution in [3.8, 4) is 11.5 Å². The number of nitrogens with zero attached hydrogens (tertiary/aromatic N) is 6. The van der Waals surface area contributed by atoms with E-state index in [4.69, 9.17) is 11.6 Å². The Morgan fingerprint density at radius 2 is 1.93 bits per heavy atom. The largest absolute Gasteiger partial charge is 0.311 e. The van der Waals surface area contributed by atoms with Crippen LogP contribution in [0.4, 0.5) is 5.82 Å². The van der Waals surface area contributed by atoms with Crippen LogP contribution in [0.15, 0.2) is 36.8 Å². The van der Waals surface area contributed by atoms with Crippen LogP contribution in [0.1, 0.15) is 29.7 Å². The molecule has 154 valence electrons. The van der Waals surface area contributed by atoms with Gasteiger partial charge in [-0.25, -0.2) is 14.6 Å². The summed E-state index contributed by atoms with van der Waals surface area (Å²) in [6.07, 6.45) is 4.15. The van der Waals surface area contributed by atoms with Crippen LogP contribution in [0.25, 0.3) is 22.5 Å². The summed E-state index contributed by atoms with van der Waals surface area (Å²) in [5, 5.41) is 12.7. The number of nitrogens with one attached hydrogen (secondary N) is 1. The van der Waals surface area contributed by atoms with Crippen LogP contribution >= 0.6 is 11.6 Å². The summed E-state index contributed by atoms with van der Waals surface area (Å²) < 4.78 is 3.40. The molecule has 0 fully saturated rings. The van der Waals surface area contributed by atoms with Crippen molar-refractivity contribution in [3.63, 3.8) is 0 Å². The first-order valence-corrected chi connectivity index (χ1v) is 10.2. The maximum atomic E-state index is 12.2. The van der Waals surface area contributed by atoms with E-state index in [-0.39, 0.29) is 5.91 Å². The van der Waals surface area contributed by atoms with Crippen LogP contribution < -0.4 is 5.32 Å². The first-order chi connectivity index (χ1) is 14.5. The molecule has 30 heavy (non-hydrogen) atoms. The quantitative estimate of drug-likeness (QED) is 0.475. The van der Waals surface area contributed by atoms with Gasteiger partial charge < -0.3 is 5.32 Å². The highest BCUT2D eigenvalue weighted by atomic mass is 35.5. The number of aromatic nitrogens is 6. The van der Waals surface area contributed by atoms with Gasteiger partial charge in [-0.15, -0.1) is 11.6 Å². The Balaban J connectivity index is 1.77. The summed E-state index contributed by atoms with van der Waals surface area (Å²) in [5.41, 5.74) is 4.73. The number of alkyl halides is 1. The van der Waals surface area contributed by atoms with Crippen molar-refractivity contribution in [2.45, 2.75) is 33.6 Å². The highest BCUT2D eigenvalue weighted by Gasteiger charge is 2.17. The Morgan fingerprint density at radius 3 is 2.70 bits per heavy atom. The summed E-state index contributed by atoms with van der Waals surface area (Å²) in [7, 11) is 0.